The van der Waals surface area contributed by atoms with Gasteiger partial charge in [0.15, 0.2) is 0 Å². The molecule has 1 fully saturated rings. The maximum absolute atomic E-state index is 13.2. The Bertz CT molecular complexity index is 1720. The first-order valence-corrected chi connectivity index (χ1v) is 14.3. The molecule has 2 aromatic heterocycles. The van der Waals surface area contributed by atoms with Crippen LogP contribution in [0.25, 0.3) is 22.2 Å². The zero-order valence-corrected chi connectivity index (χ0v) is 21.9. The highest BCUT2D eigenvalue weighted by molar-refractivity contribution is 7.93. The van der Waals surface area contributed by atoms with Gasteiger partial charge in [-0.15, -0.1) is 0 Å². The van der Waals surface area contributed by atoms with E-state index in [1.165, 1.54) is 39.9 Å². The topological polar surface area (TPSA) is 113 Å². The van der Waals surface area contributed by atoms with Crippen LogP contribution < -0.4 is 9.03 Å². The predicted molar refractivity (Wildman–Crippen MR) is 141 cm³/mol. The second-order valence-corrected chi connectivity index (χ2v) is 12.5. The molecule has 1 N–H and O–H groups in total. The standard InChI is InChI=1S/C23H19Cl2N5O4S2/c1-29-10-11-30(36(29,33)34)17-4-7-23(20(25)13-17)35(31,32)28-16-3-5-19(24)18(12-16)22-6-2-15-14-26-9-8-21(15)27-22/h2-9,12-14,28H,10-11H2,1H3. The maximum Gasteiger partial charge on any atom is 0.303 e. The van der Waals surface area contributed by atoms with E-state index in [0.717, 1.165) is 10.9 Å². The number of benzene rings is 2. The molecular weight excluding hydrogens is 545 g/mol. The number of likely N-dealkylation sites (N-methyl/N-ethyl adjacent to an activating group) is 1. The minimum Gasteiger partial charge on any atom is -0.280 e. The lowest BCUT2D eigenvalue weighted by molar-refractivity contribution is 0.511. The predicted octanol–water partition coefficient (Wildman–Crippen LogP) is 4.40. The van der Waals surface area contributed by atoms with Crippen molar-refractivity contribution in [1.82, 2.24) is 14.3 Å². The van der Waals surface area contributed by atoms with Crippen molar-refractivity contribution in [3.8, 4) is 11.3 Å². The lowest BCUT2D eigenvalue weighted by Gasteiger charge is -2.19. The summed E-state index contributed by atoms with van der Waals surface area (Å²) in [5, 5.41) is 1.16. The van der Waals surface area contributed by atoms with E-state index in [1.807, 2.05) is 6.07 Å². The second-order valence-electron chi connectivity index (χ2n) is 8.08. The van der Waals surface area contributed by atoms with Crippen molar-refractivity contribution in [2.24, 2.45) is 0 Å². The van der Waals surface area contributed by atoms with Gasteiger partial charge in [0.05, 0.1) is 26.9 Å². The number of pyridine rings is 2. The van der Waals surface area contributed by atoms with Crippen LogP contribution in [0.1, 0.15) is 0 Å². The number of anilines is 2. The van der Waals surface area contributed by atoms with Crippen LogP contribution in [-0.2, 0) is 20.2 Å². The van der Waals surface area contributed by atoms with Crippen LogP contribution in [0.3, 0.4) is 0 Å². The molecule has 0 saturated carbocycles. The van der Waals surface area contributed by atoms with Crippen LogP contribution in [0.15, 0.2) is 71.9 Å². The highest BCUT2D eigenvalue weighted by Crippen LogP contribution is 2.34. The average molecular weight is 564 g/mol. The van der Waals surface area contributed by atoms with Crippen LogP contribution in [0, 0.1) is 0 Å². The molecule has 0 bridgehead atoms. The molecule has 2 aromatic carbocycles. The van der Waals surface area contributed by atoms with Crippen molar-refractivity contribution in [3.63, 3.8) is 0 Å². The maximum atomic E-state index is 13.2. The average Bonchev–Trinajstić information content (AvgIpc) is 3.11. The fraction of sp³-hybridized carbons (Fsp3) is 0.130. The minimum atomic E-state index is -4.10. The Morgan fingerprint density at radius 1 is 0.972 bits per heavy atom. The first-order valence-electron chi connectivity index (χ1n) is 10.6. The highest BCUT2D eigenvalue weighted by atomic mass is 35.5. The van der Waals surface area contributed by atoms with E-state index in [1.54, 1.807) is 36.7 Å². The molecule has 5 rings (SSSR count). The summed E-state index contributed by atoms with van der Waals surface area (Å²) in [7, 11) is -6.29. The Labute approximate surface area is 218 Å². The Kier molecular flexibility index (Phi) is 6.29. The number of nitrogens with zero attached hydrogens (tertiary/aromatic N) is 4. The quantitative estimate of drug-likeness (QED) is 0.385. The summed E-state index contributed by atoms with van der Waals surface area (Å²) in [6.07, 6.45) is 3.34. The van der Waals surface area contributed by atoms with Gasteiger partial charge in [-0.2, -0.15) is 12.7 Å². The molecule has 0 amide bonds. The fourth-order valence-electron chi connectivity index (χ4n) is 3.87. The molecule has 1 aliphatic rings. The largest absolute Gasteiger partial charge is 0.303 e. The van der Waals surface area contributed by atoms with Gasteiger partial charge in [0.25, 0.3) is 10.0 Å². The van der Waals surface area contributed by atoms with Crippen LogP contribution >= 0.6 is 23.2 Å². The number of hydrogen-bond acceptors (Lipinski definition) is 6. The van der Waals surface area contributed by atoms with E-state index in [2.05, 4.69) is 14.7 Å². The van der Waals surface area contributed by atoms with Crippen molar-refractivity contribution in [2.45, 2.75) is 4.90 Å². The molecule has 13 heteroatoms. The summed E-state index contributed by atoms with van der Waals surface area (Å²) >= 11 is 12.7. The van der Waals surface area contributed by atoms with Gasteiger partial charge >= 0.3 is 10.2 Å². The molecule has 1 aliphatic heterocycles. The number of aromatic nitrogens is 2. The van der Waals surface area contributed by atoms with E-state index >= 15 is 0 Å². The molecule has 0 aliphatic carbocycles. The van der Waals surface area contributed by atoms with Gasteiger partial charge in [0.2, 0.25) is 0 Å². The number of nitrogens with one attached hydrogen (secondary N) is 1. The number of sulfonamides is 1. The fourth-order valence-corrected chi connectivity index (χ4v) is 7.01. The number of hydrogen-bond donors (Lipinski definition) is 1. The Morgan fingerprint density at radius 3 is 2.50 bits per heavy atom. The lowest BCUT2D eigenvalue weighted by Crippen LogP contribution is -2.30. The van der Waals surface area contributed by atoms with Gasteiger partial charge in [-0.25, -0.2) is 13.4 Å². The van der Waals surface area contributed by atoms with Crippen molar-refractivity contribution >= 4 is 65.7 Å². The van der Waals surface area contributed by atoms with E-state index in [0.29, 0.717) is 22.8 Å². The molecule has 4 aromatic rings. The van der Waals surface area contributed by atoms with Gasteiger partial charge in [0.1, 0.15) is 4.90 Å². The zero-order chi connectivity index (χ0) is 25.7. The normalized spacial score (nSPS) is 15.9. The highest BCUT2D eigenvalue weighted by Gasteiger charge is 2.34. The second kappa shape index (κ2) is 9.16. The summed E-state index contributed by atoms with van der Waals surface area (Å²) in [5.74, 6) is 0. The summed E-state index contributed by atoms with van der Waals surface area (Å²) < 4.78 is 56.1. The smallest absolute Gasteiger partial charge is 0.280 e. The van der Waals surface area contributed by atoms with E-state index < -0.39 is 20.2 Å². The zero-order valence-electron chi connectivity index (χ0n) is 18.8. The molecule has 9 nitrogen and oxygen atoms in total. The summed E-state index contributed by atoms with van der Waals surface area (Å²) in [5.41, 5.74) is 2.38. The minimum absolute atomic E-state index is 0.108. The molecule has 186 valence electrons. The van der Waals surface area contributed by atoms with Gasteiger partial charge < -0.3 is 0 Å². The van der Waals surface area contributed by atoms with Crippen LogP contribution in [0.4, 0.5) is 11.4 Å². The van der Waals surface area contributed by atoms with Gasteiger partial charge in [-0.05, 0) is 54.6 Å². The van der Waals surface area contributed by atoms with Crippen molar-refractivity contribution in [3.05, 3.63) is 77.0 Å². The van der Waals surface area contributed by atoms with Crippen LogP contribution in [0.5, 0.6) is 0 Å². The molecule has 0 atom stereocenters. The van der Waals surface area contributed by atoms with Gasteiger partial charge in [-0.3, -0.25) is 14.0 Å². The monoisotopic (exact) mass is 563 g/mol. The van der Waals surface area contributed by atoms with Gasteiger partial charge in [-0.1, -0.05) is 23.2 Å². The number of fused-ring (bicyclic) bond motifs is 1. The van der Waals surface area contributed by atoms with Crippen molar-refractivity contribution in [2.75, 3.05) is 29.2 Å². The SMILES string of the molecule is CN1CCN(c2ccc(S(=O)(=O)Nc3ccc(Cl)c(-c4ccc5cnccc5n4)c3)c(Cl)c2)S1(=O)=O. The lowest BCUT2D eigenvalue weighted by atomic mass is 10.1. The Balaban J connectivity index is 1.45. The Morgan fingerprint density at radius 2 is 1.78 bits per heavy atom. The first kappa shape index (κ1) is 24.7. The van der Waals surface area contributed by atoms with E-state index in [4.69, 9.17) is 23.2 Å². The molecule has 0 unspecified atom stereocenters. The molecular formula is C23H19Cl2N5O4S2. The molecule has 0 spiro atoms. The third-order valence-corrected chi connectivity index (χ3v) is 9.88. The first-order chi connectivity index (χ1) is 17.1. The molecule has 1 saturated heterocycles. The third kappa shape index (κ3) is 4.48. The molecule has 36 heavy (non-hydrogen) atoms. The van der Waals surface area contributed by atoms with Gasteiger partial charge in [0, 0.05) is 49.2 Å². The van der Waals surface area contributed by atoms with Crippen molar-refractivity contribution < 1.29 is 16.8 Å². The molecule has 3 heterocycles. The number of halogens is 2. The van der Waals surface area contributed by atoms with E-state index in [-0.39, 0.29) is 27.8 Å². The van der Waals surface area contributed by atoms with E-state index in [9.17, 15) is 16.8 Å². The summed E-state index contributed by atoms with van der Waals surface area (Å²) in [6.45, 7) is 0.565. The Hall–Kier alpha value is -2.96. The number of rotatable bonds is 5. The summed E-state index contributed by atoms with van der Waals surface area (Å²) in [6, 6.07) is 14.1. The summed E-state index contributed by atoms with van der Waals surface area (Å²) in [4.78, 5) is 8.48. The van der Waals surface area contributed by atoms with Crippen LogP contribution in [-0.4, -0.2) is 51.2 Å². The van der Waals surface area contributed by atoms with Crippen molar-refractivity contribution in [1.29, 1.82) is 0 Å². The third-order valence-electron chi connectivity index (χ3n) is 5.77. The molecule has 0 radical (unpaired) electrons. The van der Waals surface area contributed by atoms with Crippen LogP contribution in [0.2, 0.25) is 10.0 Å².